The fourth-order valence-electron chi connectivity index (χ4n) is 1.13. The zero-order valence-corrected chi connectivity index (χ0v) is 8.24. The van der Waals surface area contributed by atoms with E-state index >= 15 is 0 Å². The van der Waals surface area contributed by atoms with Crippen molar-refractivity contribution in [3.8, 4) is 17.9 Å². The average molecular weight is 199 g/mol. The Morgan fingerprint density at radius 3 is 2.87 bits per heavy atom. The summed E-state index contributed by atoms with van der Waals surface area (Å²) >= 11 is 0. The summed E-state index contributed by atoms with van der Waals surface area (Å²) in [6, 6.07) is 6.83. The van der Waals surface area contributed by atoms with Gasteiger partial charge in [0.2, 0.25) is 0 Å². The van der Waals surface area contributed by atoms with Crippen LogP contribution in [0.1, 0.15) is 27.9 Å². The van der Waals surface area contributed by atoms with Gasteiger partial charge in [0.1, 0.15) is 0 Å². The molecule has 0 radical (unpaired) electrons. The number of carboxylic acids is 1. The molecule has 0 atom stereocenters. The van der Waals surface area contributed by atoms with Crippen LogP contribution < -0.4 is 0 Å². The largest absolute Gasteiger partial charge is 0.478 e. The molecule has 74 valence electrons. The van der Waals surface area contributed by atoms with Crippen molar-refractivity contribution in [2.24, 2.45) is 0 Å². The predicted molar refractivity (Wildman–Crippen MR) is 55.2 cm³/mol. The number of benzene rings is 1. The molecule has 3 heteroatoms. The number of carbonyl (C=O) groups is 1. The van der Waals surface area contributed by atoms with Gasteiger partial charge in [0.15, 0.2) is 0 Å². The molecule has 0 aliphatic carbocycles. The first-order chi connectivity index (χ1) is 7.15. The molecule has 1 aromatic carbocycles. The van der Waals surface area contributed by atoms with Crippen LogP contribution >= 0.6 is 0 Å². The molecule has 1 aromatic rings. The van der Waals surface area contributed by atoms with E-state index in [1.165, 1.54) is 6.07 Å². The summed E-state index contributed by atoms with van der Waals surface area (Å²) < 4.78 is 0. The summed E-state index contributed by atoms with van der Waals surface area (Å²) in [5, 5.41) is 17.2. The average Bonchev–Trinajstić information content (AvgIpc) is 2.18. The third kappa shape index (κ3) is 2.86. The Balaban J connectivity index is 3.16. The number of hydrogen-bond donors (Lipinski definition) is 1. The number of nitriles is 1. The van der Waals surface area contributed by atoms with Crippen LogP contribution in [0.25, 0.3) is 0 Å². The van der Waals surface area contributed by atoms with E-state index in [0.717, 1.165) is 5.56 Å². The van der Waals surface area contributed by atoms with Crippen molar-refractivity contribution in [1.82, 2.24) is 0 Å². The van der Waals surface area contributed by atoms with Gasteiger partial charge in [-0.05, 0) is 24.6 Å². The highest BCUT2D eigenvalue weighted by Gasteiger charge is 2.07. The number of aryl methyl sites for hydroxylation is 1. The van der Waals surface area contributed by atoms with E-state index < -0.39 is 5.97 Å². The first-order valence-corrected chi connectivity index (χ1v) is 4.35. The third-order valence-electron chi connectivity index (χ3n) is 1.80. The van der Waals surface area contributed by atoms with Crippen molar-refractivity contribution in [2.75, 3.05) is 0 Å². The lowest BCUT2D eigenvalue weighted by molar-refractivity contribution is 0.0696. The van der Waals surface area contributed by atoms with Gasteiger partial charge in [0, 0.05) is 5.56 Å². The van der Waals surface area contributed by atoms with Gasteiger partial charge in [-0.15, -0.1) is 0 Å². The van der Waals surface area contributed by atoms with Gasteiger partial charge in [-0.2, -0.15) is 5.26 Å². The van der Waals surface area contributed by atoms with Crippen LogP contribution in [-0.2, 0) is 0 Å². The van der Waals surface area contributed by atoms with Crippen LogP contribution in [-0.4, -0.2) is 11.1 Å². The van der Waals surface area contributed by atoms with E-state index in [1.54, 1.807) is 12.1 Å². The maximum Gasteiger partial charge on any atom is 0.336 e. The first kappa shape index (κ1) is 10.8. The van der Waals surface area contributed by atoms with Crippen LogP contribution in [0.4, 0.5) is 0 Å². The summed E-state index contributed by atoms with van der Waals surface area (Å²) in [5.41, 5.74) is 1.57. The van der Waals surface area contributed by atoms with E-state index in [9.17, 15) is 4.79 Å². The van der Waals surface area contributed by atoms with Crippen molar-refractivity contribution in [3.63, 3.8) is 0 Å². The Kier molecular flexibility index (Phi) is 3.49. The normalized spacial score (nSPS) is 8.53. The molecule has 15 heavy (non-hydrogen) atoms. The smallest absolute Gasteiger partial charge is 0.336 e. The third-order valence-corrected chi connectivity index (χ3v) is 1.80. The lowest BCUT2D eigenvalue weighted by atomic mass is 10.0. The lowest BCUT2D eigenvalue weighted by Crippen LogP contribution is -2.00. The molecule has 0 unspecified atom stereocenters. The lowest BCUT2D eigenvalue weighted by Gasteiger charge is -1.99. The van der Waals surface area contributed by atoms with Gasteiger partial charge in [-0.3, -0.25) is 0 Å². The minimum absolute atomic E-state index is 0.104. The van der Waals surface area contributed by atoms with Gasteiger partial charge < -0.3 is 5.11 Å². The highest BCUT2D eigenvalue weighted by atomic mass is 16.4. The molecule has 0 saturated heterocycles. The van der Waals surface area contributed by atoms with Crippen LogP contribution in [0, 0.1) is 30.1 Å². The Bertz CT molecular complexity index is 487. The molecule has 0 aromatic heterocycles. The van der Waals surface area contributed by atoms with Gasteiger partial charge in [-0.25, -0.2) is 4.79 Å². The molecule has 0 heterocycles. The van der Waals surface area contributed by atoms with E-state index in [-0.39, 0.29) is 12.0 Å². The fraction of sp³-hybridized carbons (Fsp3) is 0.167. The Morgan fingerprint density at radius 1 is 1.53 bits per heavy atom. The fourth-order valence-corrected chi connectivity index (χ4v) is 1.13. The highest BCUT2D eigenvalue weighted by Crippen LogP contribution is 2.10. The van der Waals surface area contributed by atoms with Crippen LogP contribution in [0.3, 0.4) is 0 Å². The Hall–Kier alpha value is -2.26. The van der Waals surface area contributed by atoms with E-state index in [4.69, 9.17) is 10.4 Å². The van der Waals surface area contributed by atoms with Crippen molar-refractivity contribution >= 4 is 5.97 Å². The standard InChI is InChI=1S/C12H9NO2/c1-9-5-6-11(12(14)15)10(8-9)4-2-3-7-13/h5-6,8H,3H2,1H3,(H,14,15). The summed E-state index contributed by atoms with van der Waals surface area (Å²) in [4.78, 5) is 10.8. The molecule has 0 aliphatic rings. The zero-order chi connectivity index (χ0) is 11.3. The number of rotatable bonds is 1. The van der Waals surface area contributed by atoms with Gasteiger partial charge in [-0.1, -0.05) is 17.9 Å². The molecule has 0 spiro atoms. The van der Waals surface area contributed by atoms with Crippen LogP contribution in [0.5, 0.6) is 0 Å². The summed E-state index contributed by atoms with van der Waals surface area (Å²) in [6.45, 7) is 1.86. The Morgan fingerprint density at radius 2 is 2.27 bits per heavy atom. The van der Waals surface area contributed by atoms with Crippen molar-refractivity contribution in [3.05, 3.63) is 34.9 Å². The minimum Gasteiger partial charge on any atom is -0.478 e. The van der Waals surface area contributed by atoms with Crippen molar-refractivity contribution < 1.29 is 9.90 Å². The molecule has 0 saturated carbocycles. The predicted octanol–water partition coefficient (Wildman–Crippen LogP) is 1.96. The molecule has 0 amide bonds. The second-order valence-corrected chi connectivity index (χ2v) is 2.99. The number of carboxylic acid groups (broad SMARTS) is 1. The SMILES string of the molecule is Cc1ccc(C(=O)O)c(C#CCC#N)c1. The molecule has 1 N–H and O–H groups in total. The second-order valence-electron chi connectivity index (χ2n) is 2.99. The summed E-state index contributed by atoms with van der Waals surface area (Å²) in [5.74, 6) is 4.28. The molecule has 0 aliphatic heterocycles. The first-order valence-electron chi connectivity index (χ1n) is 4.35. The Labute approximate surface area is 88.0 Å². The van der Waals surface area contributed by atoms with Crippen LogP contribution in [0.2, 0.25) is 0 Å². The summed E-state index contributed by atoms with van der Waals surface area (Å²) in [7, 11) is 0. The number of aromatic carboxylic acids is 1. The van der Waals surface area contributed by atoms with E-state index in [2.05, 4.69) is 11.8 Å². The van der Waals surface area contributed by atoms with Crippen molar-refractivity contribution in [1.29, 1.82) is 5.26 Å². The van der Waals surface area contributed by atoms with Gasteiger partial charge in [0.25, 0.3) is 0 Å². The maximum atomic E-state index is 10.8. The number of hydrogen-bond acceptors (Lipinski definition) is 2. The molecular formula is C12H9NO2. The molecule has 0 bridgehead atoms. The van der Waals surface area contributed by atoms with Crippen LogP contribution in [0.15, 0.2) is 18.2 Å². The molecule has 1 rings (SSSR count). The second kappa shape index (κ2) is 4.83. The topological polar surface area (TPSA) is 61.1 Å². The number of nitrogens with zero attached hydrogens (tertiary/aromatic N) is 1. The zero-order valence-electron chi connectivity index (χ0n) is 8.24. The molecule has 3 nitrogen and oxygen atoms in total. The maximum absolute atomic E-state index is 10.8. The molecular weight excluding hydrogens is 190 g/mol. The minimum atomic E-state index is -1.00. The van der Waals surface area contributed by atoms with E-state index in [1.807, 2.05) is 13.0 Å². The monoisotopic (exact) mass is 199 g/mol. The highest BCUT2D eigenvalue weighted by molar-refractivity contribution is 5.90. The van der Waals surface area contributed by atoms with Gasteiger partial charge >= 0.3 is 5.97 Å². The summed E-state index contributed by atoms with van der Waals surface area (Å²) in [6.07, 6.45) is 0.104. The quantitative estimate of drug-likeness (QED) is 0.703. The van der Waals surface area contributed by atoms with E-state index in [0.29, 0.717) is 5.56 Å². The van der Waals surface area contributed by atoms with Crippen molar-refractivity contribution in [2.45, 2.75) is 13.3 Å². The molecule has 0 fully saturated rings. The van der Waals surface area contributed by atoms with Gasteiger partial charge in [0.05, 0.1) is 18.1 Å².